The topological polar surface area (TPSA) is 0 Å². The molecule has 0 saturated heterocycles. The van der Waals surface area contributed by atoms with Crippen LogP contribution in [0, 0.1) is 35.5 Å². The Kier molecular flexibility index (Phi) is 1.31. The number of fused-ring (bicyclic) bond motifs is 7. The van der Waals surface area contributed by atoms with Gasteiger partial charge in [0, 0.05) is 0 Å². The fraction of sp³-hybridized carbons (Fsp3) is 1.00. The maximum Gasteiger partial charge on any atom is -0.0324 e. The summed E-state index contributed by atoms with van der Waals surface area (Å²) in [6, 6.07) is 0. The molecule has 4 aliphatic carbocycles. The second kappa shape index (κ2) is 2.32. The third-order valence-corrected chi connectivity index (χ3v) is 5.95. The van der Waals surface area contributed by atoms with E-state index in [1.54, 1.807) is 44.9 Å². The van der Waals surface area contributed by atoms with Crippen molar-refractivity contribution in [3.63, 3.8) is 0 Å². The predicted molar refractivity (Wildman–Crippen MR) is 53.3 cm³/mol. The smallest absolute Gasteiger partial charge is 0.0324 e. The van der Waals surface area contributed by atoms with Crippen molar-refractivity contribution in [1.29, 1.82) is 0 Å². The van der Waals surface area contributed by atoms with Crippen molar-refractivity contribution in [3.8, 4) is 0 Å². The molecule has 4 aliphatic rings. The molecule has 4 fully saturated rings. The van der Waals surface area contributed by atoms with Crippen molar-refractivity contribution in [2.75, 3.05) is 0 Å². The molecular weight excluding hydrogens is 156 g/mol. The maximum absolute atomic E-state index is 1.65. The molecule has 0 heterocycles. The van der Waals surface area contributed by atoms with E-state index in [1.165, 1.54) is 35.5 Å². The lowest BCUT2D eigenvalue weighted by molar-refractivity contribution is 0.207. The largest absolute Gasteiger partial charge is 0.0527 e. The zero-order valence-corrected chi connectivity index (χ0v) is 8.41. The van der Waals surface area contributed by atoms with E-state index in [1.807, 2.05) is 0 Å². The Hall–Kier alpha value is 0. The van der Waals surface area contributed by atoms with Crippen LogP contribution < -0.4 is 0 Å². The minimum absolute atomic E-state index is 1.19. The van der Waals surface area contributed by atoms with E-state index in [-0.39, 0.29) is 0 Å². The first-order chi connectivity index (χ1) is 6.43. The van der Waals surface area contributed by atoms with E-state index >= 15 is 0 Å². The molecule has 0 radical (unpaired) electrons. The summed E-state index contributed by atoms with van der Waals surface area (Å²) in [5.41, 5.74) is 0. The van der Waals surface area contributed by atoms with E-state index in [9.17, 15) is 0 Å². The lowest BCUT2D eigenvalue weighted by Crippen LogP contribution is -2.21. The molecule has 6 unspecified atom stereocenters. The van der Waals surface area contributed by atoms with Gasteiger partial charge < -0.3 is 0 Å². The van der Waals surface area contributed by atoms with Crippen LogP contribution in [-0.2, 0) is 0 Å². The lowest BCUT2D eigenvalue weighted by Gasteiger charge is -2.28. The van der Waals surface area contributed by atoms with Crippen LogP contribution in [0.5, 0.6) is 0 Å². The van der Waals surface area contributed by atoms with Crippen LogP contribution in [-0.4, -0.2) is 0 Å². The molecule has 13 heavy (non-hydrogen) atoms. The molecular formula is C13H20. The van der Waals surface area contributed by atoms with Crippen molar-refractivity contribution in [1.82, 2.24) is 0 Å². The van der Waals surface area contributed by atoms with Crippen molar-refractivity contribution in [2.24, 2.45) is 35.5 Å². The number of rotatable bonds is 0. The van der Waals surface area contributed by atoms with Crippen LogP contribution in [0.15, 0.2) is 0 Å². The summed E-state index contributed by atoms with van der Waals surface area (Å²) < 4.78 is 0. The molecule has 0 aromatic heterocycles. The summed E-state index contributed by atoms with van der Waals surface area (Å²) in [6.07, 6.45) is 11.3. The second-order valence-electron chi connectivity index (χ2n) is 6.16. The first-order valence-corrected chi connectivity index (χ1v) is 6.43. The van der Waals surface area contributed by atoms with Gasteiger partial charge in [-0.15, -0.1) is 0 Å². The van der Waals surface area contributed by atoms with Crippen molar-refractivity contribution >= 4 is 0 Å². The summed E-state index contributed by atoms with van der Waals surface area (Å²) in [6.45, 7) is 0. The molecule has 0 aliphatic heterocycles. The molecule has 4 saturated carbocycles. The fourth-order valence-electron chi connectivity index (χ4n) is 5.69. The molecule has 0 N–H and O–H groups in total. The van der Waals surface area contributed by atoms with Gasteiger partial charge in [0.25, 0.3) is 0 Å². The van der Waals surface area contributed by atoms with Gasteiger partial charge in [0.1, 0.15) is 0 Å². The summed E-state index contributed by atoms with van der Waals surface area (Å²) in [4.78, 5) is 0. The zero-order valence-electron chi connectivity index (χ0n) is 8.41. The van der Waals surface area contributed by atoms with Gasteiger partial charge in [-0.05, 0) is 67.6 Å². The van der Waals surface area contributed by atoms with Crippen LogP contribution in [0.4, 0.5) is 0 Å². The maximum atomic E-state index is 1.65. The molecule has 4 rings (SSSR count). The van der Waals surface area contributed by atoms with E-state index in [4.69, 9.17) is 0 Å². The van der Waals surface area contributed by atoms with E-state index in [2.05, 4.69) is 0 Å². The Morgan fingerprint density at radius 1 is 0.615 bits per heavy atom. The van der Waals surface area contributed by atoms with Crippen LogP contribution in [0.1, 0.15) is 44.9 Å². The molecule has 0 aromatic rings. The number of hydrogen-bond donors (Lipinski definition) is 0. The van der Waals surface area contributed by atoms with Gasteiger partial charge in [0.15, 0.2) is 0 Å². The fourth-order valence-corrected chi connectivity index (χ4v) is 5.69. The number of hydrogen-bond acceptors (Lipinski definition) is 0. The van der Waals surface area contributed by atoms with Crippen LogP contribution in [0.2, 0.25) is 0 Å². The molecule has 6 atom stereocenters. The molecule has 0 nitrogen and oxygen atoms in total. The highest BCUT2D eigenvalue weighted by Gasteiger charge is 2.57. The monoisotopic (exact) mass is 176 g/mol. The Balaban J connectivity index is 1.70. The Morgan fingerprint density at radius 3 is 2.46 bits per heavy atom. The third kappa shape index (κ3) is 0.789. The van der Waals surface area contributed by atoms with Gasteiger partial charge in [-0.2, -0.15) is 0 Å². The third-order valence-electron chi connectivity index (χ3n) is 5.95. The van der Waals surface area contributed by atoms with Gasteiger partial charge in [-0.25, -0.2) is 0 Å². The van der Waals surface area contributed by atoms with Crippen LogP contribution in [0.25, 0.3) is 0 Å². The van der Waals surface area contributed by atoms with Crippen molar-refractivity contribution < 1.29 is 0 Å². The Bertz CT molecular complexity index is 230. The molecule has 0 spiro atoms. The highest BCUT2D eigenvalue weighted by atomic mass is 14.6. The van der Waals surface area contributed by atoms with Gasteiger partial charge in [-0.3, -0.25) is 0 Å². The lowest BCUT2D eigenvalue weighted by atomic mass is 9.77. The van der Waals surface area contributed by atoms with E-state index in [0.717, 1.165) is 0 Å². The minimum atomic E-state index is 1.19. The average molecular weight is 176 g/mol. The normalized spacial score (nSPS) is 62.8. The predicted octanol–water partition coefficient (Wildman–Crippen LogP) is 3.47. The molecule has 72 valence electrons. The SMILES string of the molecule is C1CC2CC3C4CCC(C4)C3C2C1. The van der Waals surface area contributed by atoms with Crippen LogP contribution >= 0.6 is 0 Å². The summed E-state index contributed by atoms with van der Waals surface area (Å²) in [5.74, 6) is 7.24. The van der Waals surface area contributed by atoms with Gasteiger partial charge in [-0.1, -0.05) is 12.8 Å². The molecule has 0 aromatic carbocycles. The molecule has 2 bridgehead atoms. The van der Waals surface area contributed by atoms with E-state index < -0.39 is 0 Å². The highest BCUT2D eigenvalue weighted by molar-refractivity contribution is 5.06. The van der Waals surface area contributed by atoms with E-state index in [0.29, 0.717) is 0 Å². The quantitative estimate of drug-likeness (QED) is 0.530. The molecule has 0 heteroatoms. The van der Waals surface area contributed by atoms with Crippen molar-refractivity contribution in [3.05, 3.63) is 0 Å². The molecule has 0 amide bonds. The minimum Gasteiger partial charge on any atom is -0.0527 e. The van der Waals surface area contributed by atoms with Crippen LogP contribution in [0.3, 0.4) is 0 Å². The van der Waals surface area contributed by atoms with Crippen molar-refractivity contribution in [2.45, 2.75) is 44.9 Å². The van der Waals surface area contributed by atoms with Gasteiger partial charge in [0.05, 0.1) is 0 Å². The summed E-state index contributed by atoms with van der Waals surface area (Å²) in [7, 11) is 0. The standard InChI is InChI=1S/C13H20/c1-2-8-7-12-9-4-5-10(6-9)13(12)11(8)3-1/h8-13H,1-7H2. The van der Waals surface area contributed by atoms with Gasteiger partial charge >= 0.3 is 0 Å². The first kappa shape index (κ1) is 7.31. The second-order valence-corrected chi connectivity index (χ2v) is 6.16. The summed E-state index contributed by atoms with van der Waals surface area (Å²) >= 11 is 0. The zero-order chi connectivity index (χ0) is 8.41. The first-order valence-electron chi connectivity index (χ1n) is 6.43. The highest BCUT2D eigenvalue weighted by Crippen LogP contribution is 2.65. The van der Waals surface area contributed by atoms with Gasteiger partial charge in [0.2, 0.25) is 0 Å². The average Bonchev–Trinajstić information content (AvgIpc) is 2.79. The Labute approximate surface area is 81.1 Å². The summed E-state index contributed by atoms with van der Waals surface area (Å²) in [5, 5.41) is 0. The Morgan fingerprint density at radius 2 is 1.46 bits per heavy atom.